The molecule has 3 rings (SSSR count). The summed E-state index contributed by atoms with van der Waals surface area (Å²) in [6.45, 7) is 0.520. The summed E-state index contributed by atoms with van der Waals surface area (Å²) in [5, 5.41) is 3.19. The van der Waals surface area contributed by atoms with Gasteiger partial charge in [-0.25, -0.2) is 8.42 Å². The zero-order valence-corrected chi connectivity index (χ0v) is 14.5. The van der Waals surface area contributed by atoms with Gasteiger partial charge >= 0.3 is 0 Å². The Morgan fingerprint density at radius 1 is 1.00 bits per heavy atom. The Morgan fingerprint density at radius 3 is 2.50 bits per heavy atom. The molecule has 2 heterocycles. The van der Waals surface area contributed by atoms with Crippen LogP contribution in [0.2, 0.25) is 0 Å². The van der Waals surface area contributed by atoms with Crippen molar-refractivity contribution < 1.29 is 12.8 Å². The molecule has 0 saturated heterocycles. The SMILES string of the molecule is O=S(=O)(/C=C/c1ccccc1)N(Cc1ccco1)Cc1cccs1. The van der Waals surface area contributed by atoms with E-state index in [-0.39, 0.29) is 6.54 Å². The van der Waals surface area contributed by atoms with Gasteiger partial charge in [-0.2, -0.15) is 4.31 Å². The maximum atomic E-state index is 12.8. The first kappa shape index (κ1) is 16.7. The molecule has 0 amide bonds. The Labute approximate surface area is 145 Å². The fraction of sp³-hybridized carbons (Fsp3) is 0.111. The molecule has 0 atom stereocenters. The molecule has 0 fully saturated rings. The highest BCUT2D eigenvalue weighted by Gasteiger charge is 2.21. The number of hydrogen-bond donors (Lipinski definition) is 0. The van der Waals surface area contributed by atoms with Crippen molar-refractivity contribution in [3.63, 3.8) is 0 Å². The maximum Gasteiger partial charge on any atom is 0.236 e. The summed E-state index contributed by atoms with van der Waals surface area (Å²) in [6.07, 6.45) is 3.16. The molecule has 0 saturated carbocycles. The largest absolute Gasteiger partial charge is 0.468 e. The standard InChI is InChI=1S/C18H17NO3S2/c20-24(21,13-10-16-6-2-1-3-7-16)19(14-17-8-4-11-22-17)15-18-9-5-12-23-18/h1-13H,14-15H2/b13-10+. The number of nitrogens with zero attached hydrogens (tertiary/aromatic N) is 1. The molecular weight excluding hydrogens is 342 g/mol. The second-order valence-corrected chi connectivity index (χ2v) is 8.04. The van der Waals surface area contributed by atoms with E-state index in [1.165, 1.54) is 21.1 Å². The van der Waals surface area contributed by atoms with Crippen LogP contribution in [0.4, 0.5) is 0 Å². The van der Waals surface area contributed by atoms with E-state index in [0.717, 1.165) is 10.4 Å². The van der Waals surface area contributed by atoms with Gasteiger partial charge in [0.05, 0.1) is 12.8 Å². The van der Waals surface area contributed by atoms with Crippen molar-refractivity contribution in [2.24, 2.45) is 0 Å². The zero-order chi connectivity index (χ0) is 16.8. The molecule has 0 bridgehead atoms. The summed E-state index contributed by atoms with van der Waals surface area (Å²) in [6, 6.07) is 16.7. The topological polar surface area (TPSA) is 50.5 Å². The molecule has 0 radical (unpaired) electrons. The Bertz CT molecular complexity index is 832. The Balaban J connectivity index is 1.83. The Hall–Kier alpha value is -2.15. The first-order valence-electron chi connectivity index (χ1n) is 7.41. The lowest BCUT2D eigenvalue weighted by Crippen LogP contribution is -2.28. The van der Waals surface area contributed by atoms with Crippen LogP contribution in [0.1, 0.15) is 16.2 Å². The first-order valence-corrected chi connectivity index (χ1v) is 9.80. The first-order chi connectivity index (χ1) is 11.6. The normalized spacial score (nSPS) is 12.2. The predicted octanol–water partition coefficient (Wildman–Crippen LogP) is 4.34. The lowest BCUT2D eigenvalue weighted by atomic mass is 10.2. The van der Waals surface area contributed by atoms with Crippen molar-refractivity contribution in [1.82, 2.24) is 4.31 Å². The smallest absolute Gasteiger partial charge is 0.236 e. The van der Waals surface area contributed by atoms with Crippen LogP contribution in [0.15, 0.2) is 76.1 Å². The summed E-state index contributed by atoms with van der Waals surface area (Å²) < 4.78 is 32.2. The highest BCUT2D eigenvalue weighted by Crippen LogP contribution is 2.19. The molecule has 2 aromatic heterocycles. The third kappa shape index (κ3) is 4.44. The molecule has 0 aliphatic rings. The monoisotopic (exact) mass is 359 g/mol. The summed E-state index contributed by atoms with van der Waals surface area (Å²) in [5.74, 6) is 0.614. The molecule has 0 unspecified atom stereocenters. The average Bonchev–Trinajstić information content (AvgIpc) is 3.27. The van der Waals surface area contributed by atoms with Gasteiger partial charge in [-0.15, -0.1) is 11.3 Å². The number of hydrogen-bond acceptors (Lipinski definition) is 4. The fourth-order valence-electron chi connectivity index (χ4n) is 2.20. The van der Waals surface area contributed by atoms with Crippen LogP contribution in [-0.4, -0.2) is 12.7 Å². The summed E-state index contributed by atoms with van der Waals surface area (Å²) in [7, 11) is -3.57. The zero-order valence-electron chi connectivity index (χ0n) is 12.9. The fourth-order valence-corrected chi connectivity index (χ4v) is 4.13. The number of benzene rings is 1. The summed E-state index contributed by atoms with van der Waals surface area (Å²) >= 11 is 1.53. The van der Waals surface area contributed by atoms with Crippen molar-refractivity contribution in [2.45, 2.75) is 13.1 Å². The van der Waals surface area contributed by atoms with Crippen LogP contribution in [0.25, 0.3) is 6.08 Å². The third-order valence-corrected chi connectivity index (χ3v) is 5.74. The second kappa shape index (κ2) is 7.61. The van der Waals surface area contributed by atoms with E-state index < -0.39 is 10.0 Å². The Kier molecular flexibility index (Phi) is 5.30. The van der Waals surface area contributed by atoms with Crippen LogP contribution in [0.3, 0.4) is 0 Å². The molecule has 6 heteroatoms. The van der Waals surface area contributed by atoms with Crippen molar-refractivity contribution >= 4 is 27.4 Å². The van der Waals surface area contributed by atoms with Crippen molar-refractivity contribution in [2.75, 3.05) is 0 Å². The molecule has 0 aliphatic carbocycles. The van der Waals surface area contributed by atoms with E-state index >= 15 is 0 Å². The predicted molar refractivity (Wildman–Crippen MR) is 96.7 cm³/mol. The van der Waals surface area contributed by atoms with Gasteiger partial charge in [-0.3, -0.25) is 0 Å². The van der Waals surface area contributed by atoms with E-state index in [9.17, 15) is 8.42 Å². The number of rotatable bonds is 7. The van der Waals surface area contributed by atoms with Gasteiger partial charge in [-0.05, 0) is 35.2 Å². The minimum absolute atomic E-state index is 0.201. The van der Waals surface area contributed by atoms with E-state index in [1.807, 2.05) is 47.8 Å². The second-order valence-electron chi connectivity index (χ2n) is 5.19. The van der Waals surface area contributed by atoms with E-state index in [4.69, 9.17) is 4.42 Å². The molecule has 1 aromatic carbocycles. The number of sulfonamides is 1. The van der Waals surface area contributed by atoms with Crippen molar-refractivity contribution in [1.29, 1.82) is 0 Å². The minimum atomic E-state index is -3.57. The molecule has 0 aliphatic heterocycles. The van der Waals surface area contributed by atoms with Crippen molar-refractivity contribution in [3.8, 4) is 0 Å². The lowest BCUT2D eigenvalue weighted by Gasteiger charge is -2.18. The average molecular weight is 359 g/mol. The van der Waals surface area contributed by atoms with E-state index in [2.05, 4.69) is 0 Å². The maximum absolute atomic E-state index is 12.8. The molecule has 24 heavy (non-hydrogen) atoms. The van der Waals surface area contributed by atoms with Gasteiger partial charge in [0, 0.05) is 16.8 Å². The Morgan fingerprint density at radius 2 is 1.83 bits per heavy atom. The summed E-state index contributed by atoms with van der Waals surface area (Å²) in [5.41, 5.74) is 0.843. The molecule has 0 spiro atoms. The van der Waals surface area contributed by atoms with Crippen molar-refractivity contribution in [3.05, 3.63) is 87.8 Å². The van der Waals surface area contributed by atoms with Gasteiger partial charge in [-0.1, -0.05) is 36.4 Å². The number of thiophene rings is 1. The van der Waals surface area contributed by atoms with Crippen LogP contribution >= 0.6 is 11.3 Å². The van der Waals surface area contributed by atoms with E-state index in [1.54, 1.807) is 24.5 Å². The minimum Gasteiger partial charge on any atom is -0.468 e. The molecule has 124 valence electrons. The third-order valence-electron chi connectivity index (χ3n) is 3.42. The van der Waals surface area contributed by atoms with Crippen LogP contribution in [-0.2, 0) is 23.1 Å². The lowest BCUT2D eigenvalue weighted by molar-refractivity contribution is 0.365. The van der Waals surface area contributed by atoms with Crippen LogP contribution in [0, 0.1) is 0 Å². The highest BCUT2D eigenvalue weighted by atomic mass is 32.2. The number of furan rings is 1. The molecular formula is C18H17NO3S2. The quantitative estimate of drug-likeness (QED) is 0.630. The van der Waals surface area contributed by atoms with Gasteiger partial charge in [0.2, 0.25) is 10.0 Å². The molecule has 4 nitrogen and oxygen atoms in total. The van der Waals surface area contributed by atoms with Crippen LogP contribution < -0.4 is 0 Å². The van der Waals surface area contributed by atoms with Gasteiger partial charge in [0.15, 0.2) is 0 Å². The van der Waals surface area contributed by atoms with Gasteiger partial charge in [0.1, 0.15) is 5.76 Å². The highest BCUT2D eigenvalue weighted by molar-refractivity contribution is 7.92. The summed E-state index contributed by atoms with van der Waals surface area (Å²) in [4.78, 5) is 0.984. The van der Waals surface area contributed by atoms with Gasteiger partial charge in [0.25, 0.3) is 0 Å². The van der Waals surface area contributed by atoms with Gasteiger partial charge < -0.3 is 4.42 Å². The van der Waals surface area contributed by atoms with E-state index in [0.29, 0.717) is 12.3 Å². The van der Waals surface area contributed by atoms with Crippen LogP contribution in [0.5, 0.6) is 0 Å². The molecule has 3 aromatic rings. The molecule has 0 N–H and O–H groups in total.